The number of rotatable bonds is 8. The molecule has 0 fully saturated rings. The van der Waals surface area contributed by atoms with Crippen LogP contribution in [0.25, 0.3) is 0 Å². The van der Waals surface area contributed by atoms with Crippen molar-refractivity contribution in [3.8, 4) is 17.2 Å². The zero-order chi connectivity index (χ0) is 18.1. The molecule has 2 aromatic carbocycles. The molecule has 0 bridgehead atoms. The summed E-state index contributed by atoms with van der Waals surface area (Å²) in [6, 6.07) is 12.1. The van der Waals surface area contributed by atoms with E-state index in [1.54, 1.807) is 12.1 Å². The lowest BCUT2D eigenvalue weighted by molar-refractivity contribution is -0.119. The summed E-state index contributed by atoms with van der Waals surface area (Å²) in [5, 5.41) is 16.5. The molecule has 7 heteroatoms. The van der Waals surface area contributed by atoms with Crippen LogP contribution in [0.1, 0.15) is 12.5 Å². The van der Waals surface area contributed by atoms with E-state index in [0.717, 1.165) is 11.4 Å². The van der Waals surface area contributed by atoms with Crippen molar-refractivity contribution in [2.75, 3.05) is 25.6 Å². The lowest BCUT2D eigenvalue weighted by Crippen LogP contribution is -2.25. The Balaban J connectivity index is 1.82. The van der Waals surface area contributed by atoms with E-state index in [4.69, 9.17) is 9.47 Å². The van der Waals surface area contributed by atoms with Crippen molar-refractivity contribution in [3.63, 3.8) is 0 Å². The number of phenols is 1. The van der Waals surface area contributed by atoms with Gasteiger partial charge in [-0.3, -0.25) is 4.79 Å². The van der Waals surface area contributed by atoms with E-state index in [1.165, 1.54) is 19.4 Å². The average Bonchev–Trinajstić information content (AvgIpc) is 2.63. The summed E-state index contributed by atoms with van der Waals surface area (Å²) in [6.45, 7) is 2.59. The van der Waals surface area contributed by atoms with Crippen molar-refractivity contribution in [3.05, 3.63) is 48.0 Å². The fraction of sp³-hybridized carbons (Fsp3) is 0.222. The summed E-state index contributed by atoms with van der Waals surface area (Å²) in [5.74, 6) is 1.10. The molecule has 25 heavy (non-hydrogen) atoms. The van der Waals surface area contributed by atoms with Crippen LogP contribution in [-0.2, 0) is 4.79 Å². The van der Waals surface area contributed by atoms with Crippen molar-refractivity contribution in [1.29, 1.82) is 0 Å². The van der Waals surface area contributed by atoms with Gasteiger partial charge in [0.2, 0.25) is 0 Å². The van der Waals surface area contributed by atoms with Gasteiger partial charge >= 0.3 is 0 Å². The number of amides is 1. The summed E-state index contributed by atoms with van der Waals surface area (Å²) in [7, 11) is 1.53. The Morgan fingerprint density at radius 3 is 2.60 bits per heavy atom. The van der Waals surface area contributed by atoms with Gasteiger partial charge in [0, 0.05) is 11.3 Å². The van der Waals surface area contributed by atoms with Gasteiger partial charge in [-0.25, -0.2) is 5.43 Å². The van der Waals surface area contributed by atoms with E-state index in [-0.39, 0.29) is 18.2 Å². The SMILES string of the molecule is CCOc1ccc(NCC(=O)N/N=C\c2cc(OC)ccc2O)cc1. The highest BCUT2D eigenvalue weighted by molar-refractivity contribution is 5.86. The van der Waals surface area contributed by atoms with Crippen LogP contribution < -0.4 is 20.2 Å². The third-order valence-corrected chi connectivity index (χ3v) is 3.25. The Morgan fingerprint density at radius 1 is 1.20 bits per heavy atom. The minimum Gasteiger partial charge on any atom is -0.507 e. The largest absolute Gasteiger partial charge is 0.507 e. The Morgan fingerprint density at radius 2 is 1.92 bits per heavy atom. The Labute approximate surface area is 146 Å². The number of hydrogen-bond acceptors (Lipinski definition) is 6. The van der Waals surface area contributed by atoms with Crippen molar-refractivity contribution in [2.24, 2.45) is 5.10 Å². The number of methoxy groups -OCH3 is 1. The summed E-state index contributed by atoms with van der Waals surface area (Å²) in [5.41, 5.74) is 3.63. The lowest BCUT2D eigenvalue weighted by Gasteiger charge is -2.07. The van der Waals surface area contributed by atoms with Crippen LogP contribution in [-0.4, -0.2) is 37.5 Å². The maximum Gasteiger partial charge on any atom is 0.259 e. The first-order valence-corrected chi connectivity index (χ1v) is 7.78. The van der Waals surface area contributed by atoms with Gasteiger partial charge in [0.25, 0.3) is 5.91 Å². The van der Waals surface area contributed by atoms with Gasteiger partial charge in [0.05, 0.1) is 26.5 Å². The number of hydrazone groups is 1. The van der Waals surface area contributed by atoms with Crippen molar-refractivity contribution in [2.45, 2.75) is 6.92 Å². The quantitative estimate of drug-likeness (QED) is 0.505. The smallest absolute Gasteiger partial charge is 0.259 e. The number of carbonyl (C=O) groups is 1. The molecule has 2 rings (SSSR count). The Bertz CT molecular complexity index is 730. The first kappa shape index (κ1) is 18.1. The summed E-state index contributed by atoms with van der Waals surface area (Å²) in [6.07, 6.45) is 1.35. The Hall–Kier alpha value is -3.22. The van der Waals surface area contributed by atoms with Gasteiger partial charge in [-0.15, -0.1) is 0 Å². The molecule has 2 aromatic rings. The van der Waals surface area contributed by atoms with E-state index < -0.39 is 0 Å². The van der Waals surface area contributed by atoms with Crippen LogP contribution >= 0.6 is 0 Å². The highest BCUT2D eigenvalue weighted by Gasteiger charge is 2.02. The third-order valence-electron chi connectivity index (χ3n) is 3.25. The molecule has 0 spiro atoms. The molecule has 0 saturated heterocycles. The van der Waals surface area contributed by atoms with Crippen molar-refractivity contribution >= 4 is 17.8 Å². The molecular weight excluding hydrogens is 322 g/mol. The number of phenolic OH excluding ortho intramolecular Hbond substituents is 1. The molecule has 0 heterocycles. The number of ether oxygens (including phenoxy) is 2. The van der Waals surface area contributed by atoms with Gasteiger partial charge in [0.15, 0.2) is 0 Å². The van der Waals surface area contributed by atoms with Crippen LogP contribution in [0.2, 0.25) is 0 Å². The van der Waals surface area contributed by atoms with Gasteiger partial charge in [-0.1, -0.05) is 0 Å². The lowest BCUT2D eigenvalue weighted by atomic mass is 10.2. The molecule has 0 radical (unpaired) electrons. The molecular formula is C18H21N3O4. The van der Waals surface area contributed by atoms with Crippen LogP contribution in [0.4, 0.5) is 5.69 Å². The van der Waals surface area contributed by atoms with Crippen LogP contribution in [0.15, 0.2) is 47.6 Å². The number of hydrogen-bond donors (Lipinski definition) is 3. The van der Waals surface area contributed by atoms with E-state index in [0.29, 0.717) is 17.9 Å². The average molecular weight is 343 g/mol. The maximum atomic E-state index is 11.8. The molecule has 0 saturated carbocycles. The summed E-state index contributed by atoms with van der Waals surface area (Å²) < 4.78 is 10.4. The van der Waals surface area contributed by atoms with E-state index >= 15 is 0 Å². The zero-order valence-corrected chi connectivity index (χ0v) is 14.2. The highest BCUT2D eigenvalue weighted by atomic mass is 16.5. The molecule has 0 atom stereocenters. The normalized spacial score (nSPS) is 10.5. The van der Waals surface area contributed by atoms with Crippen molar-refractivity contribution in [1.82, 2.24) is 5.43 Å². The number of anilines is 1. The van der Waals surface area contributed by atoms with E-state index in [2.05, 4.69) is 15.8 Å². The molecule has 0 aliphatic heterocycles. The van der Waals surface area contributed by atoms with Crippen LogP contribution in [0.5, 0.6) is 17.2 Å². The predicted octanol–water partition coefficient (Wildman–Crippen LogP) is 2.36. The molecule has 0 aromatic heterocycles. The first-order valence-electron chi connectivity index (χ1n) is 7.78. The van der Waals surface area contributed by atoms with Gasteiger partial charge in [0.1, 0.15) is 17.2 Å². The molecule has 1 amide bonds. The van der Waals surface area contributed by atoms with Crippen molar-refractivity contribution < 1.29 is 19.4 Å². The van der Waals surface area contributed by atoms with Gasteiger partial charge in [-0.05, 0) is 49.4 Å². The molecule has 0 aliphatic carbocycles. The number of nitrogens with one attached hydrogen (secondary N) is 2. The number of carbonyl (C=O) groups excluding carboxylic acids is 1. The topological polar surface area (TPSA) is 92.2 Å². The molecule has 0 unspecified atom stereocenters. The second kappa shape index (κ2) is 9.17. The van der Waals surface area contributed by atoms with Gasteiger partial charge < -0.3 is 19.9 Å². The fourth-order valence-corrected chi connectivity index (χ4v) is 1.99. The maximum absolute atomic E-state index is 11.8. The summed E-state index contributed by atoms with van der Waals surface area (Å²) in [4.78, 5) is 11.8. The second-order valence-corrected chi connectivity index (χ2v) is 5.03. The highest BCUT2D eigenvalue weighted by Crippen LogP contribution is 2.21. The Kier molecular flexibility index (Phi) is 6.65. The zero-order valence-electron chi connectivity index (χ0n) is 14.2. The molecule has 132 valence electrons. The van der Waals surface area contributed by atoms with E-state index in [9.17, 15) is 9.90 Å². The molecule has 0 aliphatic rings. The standard InChI is InChI=1S/C18H21N3O4/c1-3-25-15-6-4-14(5-7-15)19-12-18(23)21-20-11-13-10-16(24-2)8-9-17(13)22/h4-11,19,22H,3,12H2,1-2H3,(H,21,23)/b20-11-. The monoisotopic (exact) mass is 343 g/mol. The van der Waals surface area contributed by atoms with Crippen LogP contribution in [0.3, 0.4) is 0 Å². The van der Waals surface area contributed by atoms with Crippen LogP contribution in [0, 0.1) is 0 Å². The minimum absolute atomic E-state index is 0.0475. The predicted molar refractivity (Wildman–Crippen MR) is 96.5 cm³/mol. The first-order chi connectivity index (χ1) is 12.1. The van der Waals surface area contributed by atoms with E-state index in [1.807, 2.05) is 31.2 Å². The number of nitrogens with zero attached hydrogens (tertiary/aromatic N) is 1. The number of aromatic hydroxyl groups is 1. The van der Waals surface area contributed by atoms with Gasteiger partial charge in [-0.2, -0.15) is 5.10 Å². The fourth-order valence-electron chi connectivity index (χ4n) is 1.99. The molecule has 7 nitrogen and oxygen atoms in total. The third kappa shape index (κ3) is 5.72. The molecule has 3 N–H and O–H groups in total. The minimum atomic E-state index is -0.312. The number of benzene rings is 2. The summed E-state index contributed by atoms with van der Waals surface area (Å²) >= 11 is 0. The second-order valence-electron chi connectivity index (χ2n) is 5.03.